The van der Waals surface area contributed by atoms with Crippen molar-refractivity contribution in [2.45, 2.75) is 6.42 Å². The van der Waals surface area contributed by atoms with Crippen molar-refractivity contribution in [3.63, 3.8) is 0 Å². The zero-order valence-corrected chi connectivity index (χ0v) is 10.9. The van der Waals surface area contributed by atoms with E-state index in [1.54, 1.807) is 6.20 Å². The normalized spacial score (nSPS) is 10.5. The number of benzene rings is 1. The van der Waals surface area contributed by atoms with E-state index in [0.717, 1.165) is 6.07 Å². The molecule has 1 N–H and O–H groups in total. The predicted molar refractivity (Wildman–Crippen MR) is 66.3 cm³/mol. The van der Waals surface area contributed by atoms with Crippen LogP contribution in [0.5, 0.6) is 0 Å². The van der Waals surface area contributed by atoms with Gasteiger partial charge in [-0.15, -0.1) is 0 Å². The number of nitrogens with zero attached hydrogens (tertiary/aromatic N) is 1. The van der Waals surface area contributed by atoms with Gasteiger partial charge in [-0.05, 0) is 33.6 Å². The average Bonchev–Trinajstić information content (AvgIpc) is 2.22. The Morgan fingerprint density at radius 1 is 1.24 bits per heavy atom. The molecule has 0 spiro atoms. The van der Waals surface area contributed by atoms with Crippen molar-refractivity contribution in [3.8, 4) is 0 Å². The molecule has 0 radical (unpaired) electrons. The third kappa shape index (κ3) is 3.17. The number of nitrogens with one attached hydrogen (secondary N) is 1. The first-order valence-corrected chi connectivity index (χ1v) is 5.93. The number of H-pyrrole nitrogens is 1. The topological polar surface area (TPSA) is 28.7 Å². The van der Waals surface area contributed by atoms with Crippen molar-refractivity contribution >= 4 is 28.1 Å². The molecule has 0 saturated heterocycles. The van der Waals surface area contributed by atoms with E-state index in [1.807, 2.05) is 0 Å². The lowest BCUT2D eigenvalue weighted by atomic mass is 10.1. The summed E-state index contributed by atoms with van der Waals surface area (Å²) in [6.45, 7) is 0. The van der Waals surface area contributed by atoms with Gasteiger partial charge in [-0.2, -0.15) is 0 Å². The van der Waals surface area contributed by atoms with E-state index in [-0.39, 0.29) is 0 Å². The molecule has 0 amide bonds. The molecule has 1 aromatic heterocycles. The van der Waals surface area contributed by atoms with Gasteiger partial charge in [0.05, 0.1) is 4.47 Å². The summed E-state index contributed by atoms with van der Waals surface area (Å²) in [6, 6.07) is 3.37. The maximum Gasteiger partial charge on any atom is 0.126 e. The van der Waals surface area contributed by atoms with Crippen LogP contribution in [0.4, 0.5) is 8.78 Å². The fraction of sp³-hybridized carbons (Fsp3) is 0.0909. The minimum absolute atomic E-state index is 0.297. The maximum absolute atomic E-state index is 13.0. The summed E-state index contributed by atoms with van der Waals surface area (Å²) in [5.74, 6) is -0.644. The van der Waals surface area contributed by atoms with Crippen LogP contribution in [0.15, 0.2) is 28.9 Å². The van der Waals surface area contributed by atoms with Crippen molar-refractivity contribution in [2.24, 2.45) is 0 Å². The standard InChI is InChI=1S/C11H7BrF2N2S/c12-9-5-15-10(16-11(9)17)3-6-1-7(13)4-8(14)2-6/h1-2,4-5H,3H2,(H,15,16,17). The molecular formula is C11H7BrF2N2S. The second-order valence-electron chi connectivity index (χ2n) is 3.46. The van der Waals surface area contributed by atoms with Gasteiger partial charge in [0.25, 0.3) is 0 Å². The maximum atomic E-state index is 13.0. The van der Waals surface area contributed by atoms with E-state index < -0.39 is 11.6 Å². The number of aromatic amines is 1. The highest BCUT2D eigenvalue weighted by molar-refractivity contribution is 9.10. The molecule has 0 unspecified atom stereocenters. The number of hydrogen-bond acceptors (Lipinski definition) is 2. The summed E-state index contributed by atoms with van der Waals surface area (Å²) in [4.78, 5) is 6.95. The van der Waals surface area contributed by atoms with Crippen LogP contribution in [0.25, 0.3) is 0 Å². The Hall–Kier alpha value is -1.14. The van der Waals surface area contributed by atoms with Gasteiger partial charge < -0.3 is 4.98 Å². The Morgan fingerprint density at radius 3 is 2.47 bits per heavy atom. The molecule has 0 aliphatic heterocycles. The molecule has 0 aliphatic carbocycles. The Morgan fingerprint density at radius 2 is 1.88 bits per heavy atom. The predicted octanol–water partition coefficient (Wildman–Crippen LogP) is 3.77. The van der Waals surface area contributed by atoms with E-state index in [4.69, 9.17) is 12.2 Å². The molecule has 2 nitrogen and oxygen atoms in total. The van der Waals surface area contributed by atoms with Crippen molar-refractivity contribution in [2.75, 3.05) is 0 Å². The number of aromatic nitrogens is 2. The quantitative estimate of drug-likeness (QED) is 0.854. The summed E-state index contributed by atoms with van der Waals surface area (Å²) in [5, 5.41) is 0. The zero-order valence-electron chi connectivity index (χ0n) is 8.51. The fourth-order valence-corrected chi connectivity index (χ4v) is 1.78. The Labute approximate surface area is 110 Å². The first kappa shape index (κ1) is 12.3. The highest BCUT2D eigenvalue weighted by Crippen LogP contribution is 2.13. The smallest absolute Gasteiger partial charge is 0.126 e. The van der Waals surface area contributed by atoms with Gasteiger partial charge in [0.15, 0.2) is 0 Å². The Bertz CT molecular complexity index is 592. The molecule has 0 bridgehead atoms. The second-order valence-corrected chi connectivity index (χ2v) is 4.72. The highest BCUT2D eigenvalue weighted by atomic mass is 79.9. The lowest BCUT2D eigenvalue weighted by Crippen LogP contribution is -1.98. The molecule has 6 heteroatoms. The van der Waals surface area contributed by atoms with Crippen molar-refractivity contribution in [1.82, 2.24) is 9.97 Å². The van der Waals surface area contributed by atoms with Crippen molar-refractivity contribution in [3.05, 3.63) is 56.5 Å². The number of rotatable bonds is 2. The summed E-state index contributed by atoms with van der Waals surface area (Å²) in [5.41, 5.74) is 0.503. The molecule has 0 saturated carbocycles. The first-order chi connectivity index (χ1) is 8.04. The molecule has 2 aromatic rings. The zero-order chi connectivity index (χ0) is 12.4. The van der Waals surface area contributed by atoms with Gasteiger partial charge >= 0.3 is 0 Å². The summed E-state index contributed by atoms with van der Waals surface area (Å²) in [6.07, 6.45) is 1.86. The Kier molecular flexibility index (Phi) is 3.63. The van der Waals surface area contributed by atoms with Gasteiger partial charge in [-0.3, -0.25) is 0 Å². The number of hydrogen-bond donors (Lipinski definition) is 1. The van der Waals surface area contributed by atoms with E-state index in [9.17, 15) is 8.78 Å². The molecular weight excluding hydrogens is 310 g/mol. The van der Waals surface area contributed by atoms with Gasteiger partial charge in [0, 0.05) is 18.7 Å². The largest absolute Gasteiger partial charge is 0.334 e. The minimum Gasteiger partial charge on any atom is -0.334 e. The molecule has 88 valence electrons. The third-order valence-corrected chi connectivity index (χ3v) is 3.29. The second kappa shape index (κ2) is 5.01. The van der Waals surface area contributed by atoms with Crippen LogP contribution in [-0.4, -0.2) is 9.97 Å². The fourth-order valence-electron chi connectivity index (χ4n) is 1.41. The van der Waals surface area contributed by atoms with E-state index >= 15 is 0 Å². The first-order valence-electron chi connectivity index (χ1n) is 4.73. The molecule has 2 rings (SSSR count). The van der Waals surface area contributed by atoms with Gasteiger partial charge in [0.2, 0.25) is 0 Å². The number of halogens is 3. The van der Waals surface area contributed by atoms with Gasteiger partial charge in [-0.1, -0.05) is 12.2 Å². The summed E-state index contributed by atoms with van der Waals surface area (Å²) < 4.78 is 27.1. The van der Waals surface area contributed by atoms with Crippen LogP contribution in [0.3, 0.4) is 0 Å². The molecule has 1 aromatic carbocycles. The summed E-state index contributed by atoms with van der Waals surface area (Å²) >= 11 is 8.24. The minimum atomic E-state index is -0.601. The van der Waals surface area contributed by atoms with Crippen LogP contribution < -0.4 is 0 Å². The van der Waals surface area contributed by atoms with Crippen LogP contribution in [0.1, 0.15) is 11.4 Å². The molecule has 1 heterocycles. The van der Waals surface area contributed by atoms with Crippen LogP contribution in [0.2, 0.25) is 0 Å². The van der Waals surface area contributed by atoms with Gasteiger partial charge in [0.1, 0.15) is 22.1 Å². The van der Waals surface area contributed by atoms with Gasteiger partial charge in [-0.25, -0.2) is 13.8 Å². The Balaban J connectivity index is 2.31. The lowest BCUT2D eigenvalue weighted by Gasteiger charge is -2.02. The SMILES string of the molecule is Fc1cc(F)cc(Cc2ncc(Br)c(=S)[nH]2)c1. The van der Waals surface area contributed by atoms with Crippen LogP contribution in [-0.2, 0) is 6.42 Å². The molecule has 17 heavy (non-hydrogen) atoms. The molecule has 0 fully saturated rings. The molecule has 0 aliphatic rings. The summed E-state index contributed by atoms with van der Waals surface area (Å²) in [7, 11) is 0. The lowest BCUT2D eigenvalue weighted by molar-refractivity contribution is 0.580. The van der Waals surface area contributed by atoms with Crippen molar-refractivity contribution in [1.29, 1.82) is 0 Å². The average molecular weight is 317 g/mol. The third-order valence-electron chi connectivity index (χ3n) is 2.10. The van der Waals surface area contributed by atoms with Crippen LogP contribution >= 0.6 is 28.1 Å². The van der Waals surface area contributed by atoms with E-state index in [2.05, 4.69) is 25.9 Å². The van der Waals surface area contributed by atoms with E-state index in [1.165, 1.54) is 12.1 Å². The molecule has 0 atom stereocenters. The van der Waals surface area contributed by atoms with Crippen molar-refractivity contribution < 1.29 is 8.78 Å². The monoisotopic (exact) mass is 316 g/mol. The highest BCUT2D eigenvalue weighted by Gasteiger charge is 2.04. The van der Waals surface area contributed by atoms with E-state index in [0.29, 0.717) is 26.9 Å². The van der Waals surface area contributed by atoms with Crippen LogP contribution in [0, 0.1) is 16.3 Å².